The molecule has 32 heavy (non-hydrogen) atoms. The second kappa shape index (κ2) is 8.69. The molecule has 0 saturated carbocycles. The fraction of sp³-hybridized carbons (Fsp3) is 0.375. The molecule has 1 fully saturated rings. The molecule has 0 aliphatic carbocycles. The van der Waals surface area contributed by atoms with Gasteiger partial charge in [-0.2, -0.15) is 0 Å². The van der Waals surface area contributed by atoms with Crippen LogP contribution in [-0.2, 0) is 17.3 Å². The van der Waals surface area contributed by atoms with Crippen molar-refractivity contribution in [3.63, 3.8) is 0 Å². The van der Waals surface area contributed by atoms with Crippen molar-refractivity contribution in [2.75, 3.05) is 13.2 Å². The summed E-state index contributed by atoms with van der Waals surface area (Å²) >= 11 is 12.5. The number of rotatable bonds is 6. The fourth-order valence-electron chi connectivity index (χ4n) is 4.39. The van der Waals surface area contributed by atoms with Crippen molar-refractivity contribution in [3.05, 3.63) is 69.3 Å². The Labute approximate surface area is 196 Å². The van der Waals surface area contributed by atoms with Crippen LogP contribution in [0, 0.1) is 5.92 Å². The highest BCUT2D eigenvalue weighted by atomic mass is 35.5. The Morgan fingerprint density at radius 3 is 2.31 bits per heavy atom. The summed E-state index contributed by atoms with van der Waals surface area (Å²) in [5.74, 6) is -0.568. The van der Waals surface area contributed by atoms with Crippen LogP contribution in [0.25, 0.3) is 10.9 Å². The summed E-state index contributed by atoms with van der Waals surface area (Å²) in [6.45, 7) is 4.60. The van der Waals surface area contributed by atoms with Crippen molar-refractivity contribution >= 4 is 40.0 Å². The topological polar surface area (TPSA) is 83.7 Å². The number of benzene rings is 2. The maximum absolute atomic E-state index is 13.2. The van der Waals surface area contributed by atoms with Gasteiger partial charge in [0.2, 0.25) is 0 Å². The average molecular weight is 477 g/mol. The minimum absolute atomic E-state index is 0.0633. The average Bonchev–Trinajstić information content (AvgIpc) is 3.05. The number of fused-ring (bicyclic) bond motifs is 1. The van der Waals surface area contributed by atoms with E-state index in [0.29, 0.717) is 29.0 Å². The molecule has 1 amide bonds. The molecule has 1 saturated heterocycles. The van der Waals surface area contributed by atoms with E-state index in [1.54, 1.807) is 16.7 Å². The minimum atomic E-state index is -1.44. The van der Waals surface area contributed by atoms with Gasteiger partial charge in [-0.25, -0.2) is 0 Å². The highest BCUT2D eigenvalue weighted by Crippen LogP contribution is 2.35. The summed E-state index contributed by atoms with van der Waals surface area (Å²) in [6, 6.07) is 12.9. The lowest BCUT2D eigenvalue weighted by Crippen LogP contribution is -2.59. The Morgan fingerprint density at radius 2 is 1.78 bits per heavy atom. The van der Waals surface area contributed by atoms with Gasteiger partial charge in [0.25, 0.3) is 5.91 Å². The van der Waals surface area contributed by atoms with Crippen molar-refractivity contribution in [1.82, 2.24) is 9.88 Å². The zero-order chi connectivity index (χ0) is 23.2. The molecule has 1 aliphatic heterocycles. The number of aryl methyl sites for hydroxylation is 1. The van der Waals surface area contributed by atoms with Crippen molar-refractivity contribution in [1.29, 1.82) is 0 Å². The Hall–Kier alpha value is -2.09. The van der Waals surface area contributed by atoms with Crippen molar-refractivity contribution in [2.24, 2.45) is 13.0 Å². The lowest BCUT2D eigenvalue weighted by molar-refractivity contribution is -0.0738. The number of aliphatic hydroxyl groups is 2. The Bertz CT molecular complexity index is 1140. The first-order valence-corrected chi connectivity index (χ1v) is 11.2. The third-order valence-electron chi connectivity index (χ3n) is 6.28. The van der Waals surface area contributed by atoms with Crippen LogP contribution in [0.2, 0.25) is 10.0 Å². The summed E-state index contributed by atoms with van der Waals surface area (Å²) < 4.78 is 7.26. The first-order chi connectivity index (χ1) is 15.1. The molecule has 6 nitrogen and oxygen atoms in total. The van der Waals surface area contributed by atoms with E-state index >= 15 is 0 Å². The molecule has 3 N–H and O–H groups in total. The quantitative estimate of drug-likeness (QED) is 0.465. The van der Waals surface area contributed by atoms with Crippen LogP contribution < -0.4 is 5.32 Å². The van der Waals surface area contributed by atoms with Crippen LogP contribution in [0.5, 0.6) is 0 Å². The molecule has 0 bridgehead atoms. The van der Waals surface area contributed by atoms with Crippen LogP contribution in [0.4, 0.5) is 0 Å². The molecule has 3 aromatic rings. The molecule has 0 spiro atoms. The van der Waals surface area contributed by atoms with Gasteiger partial charge in [0, 0.05) is 23.9 Å². The highest BCUT2D eigenvalue weighted by Gasteiger charge is 2.42. The standard InChI is InChI=1S/C24H26Cl2N2O4/c1-13(2)20(23(30)31)14-4-6-15(7-5-14)24(11-32-12-24)27-22(29)19-10-16-18(28(19)3)9-8-17(25)21(16)26/h4-10,13,20,23,30-31H,11-12H2,1-3H3,(H,27,29). The smallest absolute Gasteiger partial charge is 0.268 e. The number of amides is 1. The summed E-state index contributed by atoms with van der Waals surface area (Å²) in [6.07, 6.45) is -1.44. The number of carbonyl (C=O) groups is 1. The first-order valence-electron chi connectivity index (χ1n) is 10.4. The zero-order valence-corrected chi connectivity index (χ0v) is 19.6. The monoisotopic (exact) mass is 476 g/mol. The van der Waals surface area contributed by atoms with E-state index in [2.05, 4.69) is 5.32 Å². The Kier molecular flexibility index (Phi) is 6.27. The van der Waals surface area contributed by atoms with E-state index < -0.39 is 11.8 Å². The van der Waals surface area contributed by atoms with Gasteiger partial charge in [-0.15, -0.1) is 0 Å². The zero-order valence-electron chi connectivity index (χ0n) is 18.1. The van der Waals surface area contributed by atoms with E-state index in [1.807, 2.05) is 51.2 Å². The van der Waals surface area contributed by atoms with Gasteiger partial charge in [-0.05, 0) is 35.2 Å². The van der Waals surface area contributed by atoms with Gasteiger partial charge < -0.3 is 24.8 Å². The van der Waals surface area contributed by atoms with Crippen LogP contribution in [0.15, 0.2) is 42.5 Å². The van der Waals surface area contributed by atoms with E-state index in [-0.39, 0.29) is 17.7 Å². The third-order valence-corrected chi connectivity index (χ3v) is 7.10. The second-order valence-electron chi connectivity index (χ2n) is 8.72. The van der Waals surface area contributed by atoms with Crippen LogP contribution >= 0.6 is 23.2 Å². The fourth-order valence-corrected chi connectivity index (χ4v) is 4.77. The van der Waals surface area contributed by atoms with Crippen LogP contribution in [0.1, 0.15) is 41.4 Å². The summed E-state index contributed by atoms with van der Waals surface area (Å²) in [4.78, 5) is 13.2. The van der Waals surface area contributed by atoms with E-state index in [9.17, 15) is 15.0 Å². The summed E-state index contributed by atoms with van der Waals surface area (Å²) in [5.41, 5.74) is 2.36. The van der Waals surface area contributed by atoms with E-state index in [1.165, 1.54) is 0 Å². The molecule has 2 aromatic carbocycles. The normalized spacial score (nSPS) is 16.4. The van der Waals surface area contributed by atoms with Gasteiger partial charge in [-0.3, -0.25) is 4.79 Å². The number of nitrogens with zero attached hydrogens (tertiary/aromatic N) is 1. The molecule has 0 radical (unpaired) electrons. The molecule has 1 aromatic heterocycles. The predicted octanol–water partition coefficient (Wildman–Crippen LogP) is 4.19. The van der Waals surface area contributed by atoms with Crippen LogP contribution in [-0.4, -0.2) is 40.2 Å². The molecular weight excluding hydrogens is 451 g/mol. The maximum Gasteiger partial charge on any atom is 0.268 e. The molecule has 4 rings (SSSR count). The van der Waals surface area contributed by atoms with Gasteiger partial charge in [0.15, 0.2) is 6.29 Å². The maximum atomic E-state index is 13.2. The number of nitrogens with one attached hydrogen (secondary N) is 1. The predicted molar refractivity (Wildman–Crippen MR) is 125 cm³/mol. The largest absolute Gasteiger partial charge is 0.376 e. The number of hydrogen-bond acceptors (Lipinski definition) is 4. The number of aliphatic hydroxyl groups excluding tert-OH is 1. The van der Waals surface area contributed by atoms with Gasteiger partial charge in [-0.1, -0.05) is 61.3 Å². The lowest BCUT2D eigenvalue weighted by Gasteiger charge is -2.42. The third kappa shape index (κ3) is 3.91. The SMILES string of the molecule is CC(C)C(c1ccc(C2(NC(=O)c3cc4c(Cl)c(Cl)ccc4n3C)COC2)cc1)C(O)O. The minimum Gasteiger partial charge on any atom is -0.376 e. The lowest BCUT2D eigenvalue weighted by atomic mass is 9.83. The summed E-state index contributed by atoms with van der Waals surface area (Å²) in [7, 11) is 1.81. The molecule has 1 aliphatic rings. The van der Waals surface area contributed by atoms with Crippen molar-refractivity contribution in [2.45, 2.75) is 31.6 Å². The molecule has 2 heterocycles. The number of ether oxygens (including phenoxy) is 1. The summed E-state index contributed by atoms with van der Waals surface area (Å²) in [5, 5.41) is 24.2. The Morgan fingerprint density at radius 1 is 1.12 bits per heavy atom. The Balaban J connectivity index is 1.62. The van der Waals surface area contributed by atoms with Gasteiger partial charge in [0.05, 0.1) is 23.3 Å². The molecule has 1 atom stereocenters. The highest BCUT2D eigenvalue weighted by molar-refractivity contribution is 6.45. The van der Waals surface area contributed by atoms with Crippen LogP contribution in [0.3, 0.4) is 0 Å². The van der Waals surface area contributed by atoms with Gasteiger partial charge in [0.1, 0.15) is 11.2 Å². The number of hydrogen-bond donors (Lipinski definition) is 3. The van der Waals surface area contributed by atoms with E-state index in [0.717, 1.165) is 22.0 Å². The van der Waals surface area contributed by atoms with Crippen molar-refractivity contribution < 1.29 is 19.7 Å². The molecular formula is C24H26Cl2N2O4. The molecule has 170 valence electrons. The second-order valence-corrected chi connectivity index (χ2v) is 9.50. The molecule has 1 unspecified atom stereocenters. The van der Waals surface area contributed by atoms with Crippen molar-refractivity contribution in [3.8, 4) is 0 Å². The van der Waals surface area contributed by atoms with E-state index in [4.69, 9.17) is 27.9 Å². The number of aromatic nitrogens is 1. The number of carbonyl (C=O) groups excluding carboxylic acids is 1. The first kappa shape index (κ1) is 23.1. The van der Waals surface area contributed by atoms with Gasteiger partial charge >= 0.3 is 0 Å². The molecule has 8 heteroatoms. The number of halogens is 2.